The normalized spacial score (nSPS) is 12.5. The number of hydrogen-bond donors (Lipinski definition) is 1. The van der Waals surface area contributed by atoms with Gasteiger partial charge in [-0.05, 0) is 50.1 Å². The Kier molecular flexibility index (Phi) is 4.27. The number of thiophene rings is 1. The van der Waals surface area contributed by atoms with Gasteiger partial charge in [0.2, 0.25) is 0 Å². The van der Waals surface area contributed by atoms with Crippen LogP contribution in [0.15, 0.2) is 30.3 Å². The van der Waals surface area contributed by atoms with Gasteiger partial charge < -0.3 is 10.6 Å². The molecule has 0 fully saturated rings. The maximum atomic E-state index is 6.02. The topological polar surface area (TPSA) is 29.3 Å². The van der Waals surface area contributed by atoms with E-state index >= 15 is 0 Å². The Morgan fingerprint density at radius 1 is 1.21 bits per heavy atom. The molecule has 1 aromatic heterocycles. The van der Waals surface area contributed by atoms with Crippen LogP contribution in [0.1, 0.15) is 26.9 Å². The summed E-state index contributed by atoms with van der Waals surface area (Å²) < 4.78 is 0. The third kappa shape index (κ3) is 2.99. The molecule has 102 valence electrons. The second-order valence-corrected chi connectivity index (χ2v) is 6.53. The van der Waals surface area contributed by atoms with Crippen molar-refractivity contribution >= 4 is 17.0 Å². The van der Waals surface area contributed by atoms with Gasteiger partial charge in [0.25, 0.3) is 0 Å². The highest BCUT2D eigenvalue weighted by Gasteiger charge is 2.19. The molecule has 2 aromatic rings. The van der Waals surface area contributed by atoms with Gasteiger partial charge in [0.15, 0.2) is 0 Å². The fourth-order valence-electron chi connectivity index (χ4n) is 2.50. The van der Waals surface area contributed by atoms with E-state index in [9.17, 15) is 0 Å². The van der Waals surface area contributed by atoms with Crippen molar-refractivity contribution < 1.29 is 0 Å². The quantitative estimate of drug-likeness (QED) is 0.918. The zero-order valence-corrected chi connectivity index (χ0v) is 12.9. The summed E-state index contributed by atoms with van der Waals surface area (Å²) >= 11 is 1.85. The average molecular weight is 274 g/mol. The molecule has 1 unspecified atom stereocenters. The SMILES string of the molecule is Cc1cccc(N(C)C(CN)c2cc(C)sc2C)c1. The summed E-state index contributed by atoms with van der Waals surface area (Å²) in [5.41, 5.74) is 9.88. The number of rotatable bonds is 4. The van der Waals surface area contributed by atoms with Gasteiger partial charge in [-0.15, -0.1) is 11.3 Å². The number of likely N-dealkylation sites (N-methyl/N-ethyl adjacent to an activating group) is 1. The van der Waals surface area contributed by atoms with E-state index in [2.05, 4.69) is 63.1 Å². The molecule has 0 radical (unpaired) electrons. The zero-order valence-electron chi connectivity index (χ0n) is 12.1. The monoisotopic (exact) mass is 274 g/mol. The van der Waals surface area contributed by atoms with Crippen molar-refractivity contribution in [2.75, 3.05) is 18.5 Å². The maximum Gasteiger partial charge on any atom is 0.0672 e. The highest BCUT2D eigenvalue weighted by atomic mass is 32.1. The van der Waals surface area contributed by atoms with E-state index < -0.39 is 0 Å². The van der Waals surface area contributed by atoms with Gasteiger partial charge in [-0.2, -0.15) is 0 Å². The Morgan fingerprint density at radius 2 is 1.95 bits per heavy atom. The summed E-state index contributed by atoms with van der Waals surface area (Å²) in [6.45, 7) is 7.08. The summed E-state index contributed by atoms with van der Waals surface area (Å²) in [6, 6.07) is 11.1. The first-order chi connectivity index (χ1) is 9.02. The van der Waals surface area contributed by atoms with Gasteiger partial charge in [-0.25, -0.2) is 0 Å². The Balaban J connectivity index is 2.34. The van der Waals surface area contributed by atoms with Crippen LogP contribution in [-0.2, 0) is 0 Å². The molecule has 19 heavy (non-hydrogen) atoms. The van der Waals surface area contributed by atoms with E-state index in [0.717, 1.165) is 0 Å². The van der Waals surface area contributed by atoms with Gasteiger partial charge in [0, 0.05) is 29.0 Å². The van der Waals surface area contributed by atoms with Gasteiger partial charge >= 0.3 is 0 Å². The second kappa shape index (κ2) is 5.76. The first-order valence-corrected chi connectivity index (χ1v) is 7.41. The number of aryl methyl sites for hydroxylation is 3. The summed E-state index contributed by atoms with van der Waals surface area (Å²) in [4.78, 5) is 5.00. The summed E-state index contributed by atoms with van der Waals surface area (Å²) in [5, 5.41) is 0. The van der Waals surface area contributed by atoms with Crippen LogP contribution in [0.5, 0.6) is 0 Å². The zero-order chi connectivity index (χ0) is 14.0. The lowest BCUT2D eigenvalue weighted by atomic mass is 10.1. The second-order valence-electron chi connectivity index (χ2n) is 5.07. The van der Waals surface area contributed by atoms with E-state index in [-0.39, 0.29) is 6.04 Å². The molecule has 0 aliphatic heterocycles. The van der Waals surface area contributed by atoms with E-state index in [1.807, 2.05) is 11.3 Å². The molecule has 2 nitrogen and oxygen atoms in total. The Labute approximate surface area is 119 Å². The summed E-state index contributed by atoms with van der Waals surface area (Å²) in [5.74, 6) is 0. The maximum absolute atomic E-state index is 6.02. The van der Waals surface area contributed by atoms with Crippen molar-refractivity contribution in [1.82, 2.24) is 0 Å². The minimum absolute atomic E-state index is 0.242. The molecule has 1 aromatic carbocycles. The summed E-state index contributed by atoms with van der Waals surface area (Å²) in [6.07, 6.45) is 0. The average Bonchev–Trinajstić information content (AvgIpc) is 2.69. The van der Waals surface area contributed by atoms with Crippen molar-refractivity contribution in [1.29, 1.82) is 0 Å². The largest absolute Gasteiger partial charge is 0.366 e. The van der Waals surface area contributed by atoms with Crippen molar-refractivity contribution in [2.45, 2.75) is 26.8 Å². The number of benzene rings is 1. The Bertz CT molecular complexity index is 560. The first kappa shape index (κ1) is 14.1. The molecule has 0 aliphatic carbocycles. The van der Waals surface area contributed by atoms with E-state index in [1.54, 1.807) is 0 Å². The molecule has 0 saturated heterocycles. The van der Waals surface area contributed by atoms with E-state index in [1.165, 1.54) is 26.6 Å². The smallest absolute Gasteiger partial charge is 0.0672 e. The molecule has 0 amide bonds. The molecule has 1 heterocycles. The lowest BCUT2D eigenvalue weighted by molar-refractivity contribution is 0.679. The lowest BCUT2D eigenvalue weighted by Crippen LogP contribution is -2.30. The molecule has 2 N–H and O–H groups in total. The summed E-state index contributed by atoms with van der Waals surface area (Å²) in [7, 11) is 2.12. The van der Waals surface area contributed by atoms with E-state index in [0.29, 0.717) is 6.54 Å². The van der Waals surface area contributed by atoms with Gasteiger partial charge in [0.1, 0.15) is 0 Å². The molecular formula is C16H22N2S. The van der Waals surface area contributed by atoms with Crippen LogP contribution in [-0.4, -0.2) is 13.6 Å². The van der Waals surface area contributed by atoms with Crippen LogP contribution in [0.25, 0.3) is 0 Å². The van der Waals surface area contributed by atoms with Crippen molar-refractivity contribution in [3.63, 3.8) is 0 Å². The van der Waals surface area contributed by atoms with Crippen LogP contribution in [0.4, 0.5) is 5.69 Å². The standard InChI is InChI=1S/C16H22N2S/c1-11-6-5-7-14(8-11)18(4)16(10-17)15-9-12(2)19-13(15)3/h5-9,16H,10,17H2,1-4H3. The first-order valence-electron chi connectivity index (χ1n) is 6.59. The number of nitrogens with zero attached hydrogens (tertiary/aromatic N) is 1. The van der Waals surface area contributed by atoms with Crippen LogP contribution in [0.3, 0.4) is 0 Å². The van der Waals surface area contributed by atoms with Gasteiger partial charge in [-0.3, -0.25) is 0 Å². The molecular weight excluding hydrogens is 252 g/mol. The van der Waals surface area contributed by atoms with Crippen LogP contribution in [0, 0.1) is 20.8 Å². The third-order valence-corrected chi connectivity index (χ3v) is 4.52. The number of hydrogen-bond acceptors (Lipinski definition) is 3. The minimum atomic E-state index is 0.242. The lowest BCUT2D eigenvalue weighted by Gasteiger charge is -2.29. The molecule has 1 atom stereocenters. The Morgan fingerprint density at radius 3 is 2.47 bits per heavy atom. The number of anilines is 1. The highest BCUT2D eigenvalue weighted by Crippen LogP contribution is 2.31. The number of nitrogens with two attached hydrogens (primary N) is 1. The highest BCUT2D eigenvalue weighted by molar-refractivity contribution is 7.12. The third-order valence-electron chi connectivity index (χ3n) is 3.54. The van der Waals surface area contributed by atoms with E-state index in [4.69, 9.17) is 5.73 Å². The fourth-order valence-corrected chi connectivity index (χ4v) is 3.48. The molecule has 0 saturated carbocycles. The predicted molar refractivity (Wildman–Crippen MR) is 85.2 cm³/mol. The van der Waals surface area contributed by atoms with Crippen LogP contribution >= 0.6 is 11.3 Å². The molecule has 3 heteroatoms. The van der Waals surface area contributed by atoms with Gasteiger partial charge in [0.05, 0.1) is 6.04 Å². The van der Waals surface area contributed by atoms with Crippen LogP contribution in [0.2, 0.25) is 0 Å². The fraction of sp³-hybridized carbons (Fsp3) is 0.375. The minimum Gasteiger partial charge on any atom is -0.366 e. The molecule has 2 rings (SSSR count). The van der Waals surface area contributed by atoms with Crippen molar-refractivity contribution in [3.8, 4) is 0 Å². The predicted octanol–water partition coefficient (Wildman–Crippen LogP) is 3.81. The Hall–Kier alpha value is -1.32. The van der Waals surface area contributed by atoms with Crippen molar-refractivity contribution in [3.05, 3.63) is 51.2 Å². The molecule has 0 bridgehead atoms. The van der Waals surface area contributed by atoms with Gasteiger partial charge in [-0.1, -0.05) is 12.1 Å². The molecule has 0 aliphatic rings. The molecule has 0 spiro atoms. The van der Waals surface area contributed by atoms with Crippen molar-refractivity contribution in [2.24, 2.45) is 5.73 Å². The van der Waals surface area contributed by atoms with Crippen LogP contribution < -0.4 is 10.6 Å².